The third-order valence-corrected chi connectivity index (χ3v) is 4.96. The van der Waals surface area contributed by atoms with E-state index in [9.17, 15) is 0 Å². The molecule has 0 amide bonds. The summed E-state index contributed by atoms with van der Waals surface area (Å²) in [5.41, 5.74) is 3.22. The van der Waals surface area contributed by atoms with Crippen LogP contribution in [0.4, 0.5) is 0 Å². The second-order valence-corrected chi connectivity index (χ2v) is 7.07. The molecule has 2 heterocycles. The standard InChI is InChI=1S/C19H23N5S/c1-4-20-19(23-12-17-13(2)24-14(3)25-17)22-11-16-8-5-7-15-9-6-10-21-18(15)16/h5-10H,4,11-12H2,1-3H3,(H2,20,22,23). The molecule has 2 aromatic heterocycles. The minimum absolute atomic E-state index is 0.588. The average molecular weight is 353 g/mol. The van der Waals surface area contributed by atoms with Crippen LogP contribution in [0.25, 0.3) is 10.9 Å². The fraction of sp³-hybridized carbons (Fsp3) is 0.316. The molecule has 130 valence electrons. The summed E-state index contributed by atoms with van der Waals surface area (Å²) in [5.74, 6) is 0.806. The first-order valence-electron chi connectivity index (χ1n) is 8.45. The monoisotopic (exact) mass is 353 g/mol. The Morgan fingerprint density at radius 3 is 2.76 bits per heavy atom. The van der Waals surface area contributed by atoms with Gasteiger partial charge in [0.25, 0.3) is 0 Å². The van der Waals surface area contributed by atoms with Gasteiger partial charge in [-0.3, -0.25) is 4.98 Å². The number of para-hydroxylation sites is 1. The summed E-state index contributed by atoms with van der Waals surface area (Å²) in [7, 11) is 0. The zero-order valence-corrected chi connectivity index (χ0v) is 15.7. The summed E-state index contributed by atoms with van der Waals surface area (Å²) in [6.45, 7) is 8.29. The molecule has 0 atom stereocenters. The van der Waals surface area contributed by atoms with Gasteiger partial charge in [0, 0.05) is 23.0 Å². The van der Waals surface area contributed by atoms with Gasteiger partial charge in [0.05, 0.1) is 29.3 Å². The second-order valence-electron chi connectivity index (χ2n) is 5.78. The predicted octanol–water partition coefficient (Wildman–Crippen LogP) is 3.56. The number of nitrogens with zero attached hydrogens (tertiary/aromatic N) is 3. The predicted molar refractivity (Wildman–Crippen MR) is 105 cm³/mol. The van der Waals surface area contributed by atoms with Crippen molar-refractivity contribution in [2.75, 3.05) is 6.54 Å². The van der Waals surface area contributed by atoms with Crippen LogP contribution in [-0.2, 0) is 13.1 Å². The van der Waals surface area contributed by atoms with E-state index in [1.165, 1.54) is 4.88 Å². The number of benzene rings is 1. The normalized spacial score (nSPS) is 11.7. The Kier molecular flexibility index (Phi) is 5.60. The lowest BCUT2D eigenvalue weighted by Gasteiger charge is -2.11. The van der Waals surface area contributed by atoms with E-state index in [0.29, 0.717) is 6.54 Å². The number of aryl methyl sites for hydroxylation is 2. The van der Waals surface area contributed by atoms with Gasteiger partial charge < -0.3 is 10.6 Å². The molecule has 3 rings (SSSR count). The zero-order valence-electron chi connectivity index (χ0n) is 14.8. The van der Waals surface area contributed by atoms with Gasteiger partial charge in [-0.05, 0) is 32.4 Å². The number of fused-ring (bicyclic) bond motifs is 1. The lowest BCUT2D eigenvalue weighted by atomic mass is 10.1. The number of thiazole rings is 1. The van der Waals surface area contributed by atoms with Crippen LogP contribution in [0.3, 0.4) is 0 Å². The first-order chi connectivity index (χ1) is 12.2. The Labute approximate surface area is 152 Å². The third-order valence-electron chi connectivity index (χ3n) is 3.88. The highest BCUT2D eigenvalue weighted by atomic mass is 32.1. The van der Waals surface area contributed by atoms with Crippen LogP contribution < -0.4 is 10.6 Å². The fourth-order valence-corrected chi connectivity index (χ4v) is 3.58. The molecule has 0 aliphatic heterocycles. The van der Waals surface area contributed by atoms with E-state index in [1.54, 1.807) is 11.3 Å². The maximum absolute atomic E-state index is 4.72. The van der Waals surface area contributed by atoms with Crippen molar-refractivity contribution in [3.05, 3.63) is 57.7 Å². The molecule has 0 saturated heterocycles. The summed E-state index contributed by atoms with van der Waals surface area (Å²) < 4.78 is 0. The number of hydrogen-bond acceptors (Lipinski definition) is 4. The van der Waals surface area contributed by atoms with E-state index in [1.807, 2.05) is 26.1 Å². The van der Waals surface area contributed by atoms with Gasteiger partial charge in [0.1, 0.15) is 0 Å². The highest BCUT2D eigenvalue weighted by Gasteiger charge is 2.06. The van der Waals surface area contributed by atoms with Gasteiger partial charge in [-0.2, -0.15) is 0 Å². The van der Waals surface area contributed by atoms with Crippen molar-refractivity contribution in [2.24, 2.45) is 4.99 Å². The number of pyridine rings is 1. The molecule has 5 nitrogen and oxygen atoms in total. The van der Waals surface area contributed by atoms with Gasteiger partial charge in [-0.15, -0.1) is 11.3 Å². The SMILES string of the molecule is CCNC(=NCc1cccc2cccnc12)NCc1sc(C)nc1C. The maximum atomic E-state index is 4.72. The van der Waals surface area contributed by atoms with E-state index >= 15 is 0 Å². The molecule has 3 aromatic rings. The fourth-order valence-electron chi connectivity index (χ4n) is 2.70. The highest BCUT2D eigenvalue weighted by Crippen LogP contribution is 2.17. The molecule has 0 saturated carbocycles. The number of aliphatic imine (C=N–C) groups is 1. The maximum Gasteiger partial charge on any atom is 0.191 e. The summed E-state index contributed by atoms with van der Waals surface area (Å²) in [4.78, 5) is 14.9. The van der Waals surface area contributed by atoms with Crippen molar-refractivity contribution in [3.8, 4) is 0 Å². The van der Waals surface area contributed by atoms with Crippen LogP contribution in [0.2, 0.25) is 0 Å². The molecule has 1 aromatic carbocycles. The average Bonchev–Trinajstić information content (AvgIpc) is 2.94. The molecule has 0 aliphatic rings. The van der Waals surface area contributed by atoms with Crippen molar-refractivity contribution < 1.29 is 0 Å². The number of guanidine groups is 1. The molecule has 0 aliphatic carbocycles. The topological polar surface area (TPSA) is 62.2 Å². The third kappa shape index (κ3) is 4.33. The molecular formula is C19H23N5S. The van der Waals surface area contributed by atoms with Crippen molar-refractivity contribution >= 4 is 28.2 Å². The Hall–Kier alpha value is -2.47. The number of nitrogens with one attached hydrogen (secondary N) is 2. The molecule has 0 bridgehead atoms. The van der Waals surface area contributed by atoms with Crippen LogP contribution in [-0.4, -0.2) is 22.5 Å². The zero-order chi connectivity index (χ0) is 17.6. The number of rotatable bonds is 5. The van der Waals surface area contributed by atoms with Gasteiger partial charge in [-0.1, -0.05) is 24.3 Å². The van der Waals surface area contributed by atoms with Crippen molar-refractivity contribution in [1.82, 2.24) is 20.6 Å². The molecule has 2 N–H and O–H groups in total. The van der Waals surface area contributed by atoms with E-state index in [4.69, 9.17) is 4.99 Å². The van der Waals surface area contributed by atoms with E-state index in [-0.39, 0.29) is 0 Å². The first kappa shape index (κ1) is 17.4. The van der Waals surface area contributed by atoms with Crippen molar-refractivity contribution in [1.29, 1.82) is 0 Å². The van der Waals surface area contributed by atoms with Gasteiger partial charge in [0.2, 0.25) is 0 Å². The Morgan fingerprint density at radius 1 is 1.16 bits per heavy atom. The first-order valence-corrected chi connectivity index (χ1v) is 9.26. The lowest BCUT2D eigenvalue weighted by molar-refractivity contribution is 0.819. The number of hydrogen-bond donors (Lipinski definition) is 2. The van der Waals surface area contributed by atoms with Crippen LogP contribution >= 0.6 is 11.3 Å². The largest absolute Gasteiger partial charge is 0.357 e. The summed E-state index contributed by atoms with van der Waals surface area (Å²) in [6, 6.07) is 10.2. The summed E-state index contributed by atoms with van der Waals surface area (Å²) in [5, 5.41) is 8.94. The quantitative estimate of drug-likeness (QED) is 0.544. The minimum atomic E-state index is 0.588. The van der Waals surface area contributed by atoms with E-state index in [0.717, 1.165) is 46.2 Å². The van der Waals surface area contributed by atoms with Crippen molar-refractivity contribution in [3.63, 3.8) is 0 Å². The Morgan fingerprint density at radius 2 is 2.00 bits per heavy atom. The van der Waals surface area contributed by atoms with Gasteiger partial charge in [0.15, 0.2) is 5.96 Å². The molecule has 25 heavy (non-hydrogen) atoms. The Balaban J connectivity index is 1.74. The van der Waals surface area contributed by atoms with Gasteiger partial charge >= 0.3 is 0 Å². The summed E-state index contributed by atoms with van der Waals surface area (Å²) >= 11 is 1.72. The van der Waals surface area contributed by atoms with E-state index < -0.39 is 0 Å². The second kappa shape index (κ2) is 8.07. The molecule has 0 spiro atoms. The minimum Gasteiger partial charge on any atom is -0.357 e. The lowest BCUT2D eigenvalue weighted by Crippen LogP contribution is -2.36. The number of aromatic nitrogens is 2. The van der Waals surface area contributed by atoms with E-state index in [2.05, 4.69) is 51.8 Å². The molecule has 0 fully saturated rings. The summed E-state index contributed by atoms with van der Waals surface area (Å²) in [6.07, 6.45) is 1.83. The molecule has 0 unspecified atom stereocenters. The molecule has 0 radical (unpaired) electrons. The highest BCUT2D eigenvalue weighted by molar-refractivity contribution is 7.11. The molecule has 6 heteroatoms. The smallest absolute Gasteiger partial charge is 0.191 e. The van der Waals surface area contributed by atoms with Crippen molar-refractivity contribution in [2.45, 2.75) is 33.9 Å². The van der Waals surface area contributed by atoms with Crippen LogP contribution in [0.1, 0.15) is 28.1 Å². The Bertz CT molecular complexity index is 879. The van der Waals surface area contributed by atoms with Crippen LogP contribution in [0, 0.1) is 13.8 Å². The molecular weight excluding hydrogens is 330 g/mol. The van der Waals surface area contributed by atoms with Gasteiger partial charge in [-0.25, -0.2) is 9.98 Å². The van der Waals surface area contributed by atoms with Crippen LogP contribution in [0.5, 0.6) is 0 Å². The van der Waals surface area contributed by atoms with Crippen LogP contribution in [0.15, 0.2) is 41.5 Å².